The number of carboxylic acid groups (broad SMARTS) is 1. The molecular formula is C21H25NO4S. The second-order valence-corrected chi connectivity index (χ2v) is 9.14. The van der Waals surface area contributed by atoms with Crippen LogP contribution in [0, 0.1) is 0 Å². The molecule has 1 saturated heterocycles. The molecule has 1 aliphatic heterocycles. The molecule has 1 N–H and O–H groups in total. The Hall–Kier alpha value is -2.18. The van der Waals surface area contributed by atoms with Crippen LogP contribution < -0.4 is 0 Å². The van der Waals surface area contributed by atoms with Gasteiger partial charge in [-0.15, -0.1) is 0 Å². The summed E-state index contributed by atoms with van der Waals surface area (Å²) in [4.78, 5) is 13.3. The van der Waals surface area contributed by atoms with Gasteiger partial charge in [0.1, 0.15) is 0 Å². The summed E-state index contributed by atoms with van der Waals surface area (Å²) in [6, 6.07) is 15.4. The van der Waals surface area contributed by atoms with Gasteiger partial charge in [-0.3, -0.25) is 9.69 Å². The van der Waals surface area contributed by atoms with Gasteiger partial charge in [-0.05, 0) is 61.7 Å². The predicted octanol–water partition coefficient (Wildman–Crippen LogP) is 3.76. The van der Waals surface area contributed by atoms with Crippen molar-refractivity contribution in [3.63, 3.8) is 0 Å². The summed E-state index contributed by atoms with van der Waals surface area (Å²) in [7, 11) is -3.57. The summed E-state index contributed by atoms with van der Waals surface area (Å²) in [6.45, 7) is 4.54. The van der Waals surface area contributed by atoms with E-state index in [1.165, 1.54) is 18.4 Å². The van der Waals surface area contributed by atoms with Crippen molar-refractivity contribution in [1.29, 1.82) is 0 Å². The highest BCUT2D eigenvalue weighted by Crippen LogP contribution is 2.28. The molecular weight excluding hydrogens is 362 g/mol. The maximum Gasteiger partial charge on any atom is 0.304 e. The number of nitrogens with zero attached hydrogens (tertiary/aromatic N) is 1. The van der Waals surface area contributed by atoms with E-state index in [-0.39, 0.29) is 17.1 Å². The standard InChI is InChI=1S/C21H25NO4S/c1-16(22-13-2-3-14-22)17-4-6-18(7-5-17)19-8-10-20(11-9-19)27(25,26)15-12-21(23)24/h4-11,16H,2-3,12-15H2,1H3,(H,23,24). The minimum Gasteiger partial charge on any atom is -0.481 e. The smallest absolute Gasteiger partial charge is 0.304 e. The van der Waals surface area contributed by atoms with Crippen LogP contribution in [-0.4, -0.2) is 43.2 Å². The Balaban J connectivity index is 1.72. The molecule has 27 heavy (non-hydrogen) atoms. The normalized spacial score (nSPS) is 16.3. The highest BCUT2D eigenvalue weighted by Gasteiger charge is 2.19. The van der Waals surface area contributed by atoms with Crippen molar-refractivity contribution in [3.05, 3.63) is 54.1 Å². The van der Waals surface area contributed by atoms with Gasteiger partial charge in [0.2, 0.25) is 0 Å². The number of benzene rings is 2. The molecule has 0 aliphatic carbocycles. The number of hydrogen-bond donors (Lipinski definition) is 1. The summed E-state index contributed by atoms with van der Waals surface area (Å²) in [6.07, 6.45) is 2.15. The summed E-state index contributed by atoms with van der Waals surface area (Å²) in [5.41, 5.74) is 3.25. The third-order valence-electron chi connectivity index (χ3n) is 5.21. The van der Waals surface area contributed by atoms with Crippen LogP contribution in [0.5, 0.6) is 0 Å². The molecule has 5 nitrogen and oxygen atoms in total. The predicted molar refractivity (Wildman–Crippen MR) is 105 cm³/mol. The van der Waals surface area contributed by atoms with Gasteiger partial charge in [-0.1, -0.05) is 36.4 Å². The second-order valence-electron chi connectivity index (χ2n) is 7.03. The Morgan fingerprint density at radius 3 is 2.04 bits per heavy atom. The molecule has 2 aromatic rings. The van der Waals surface area contributed by atoms with Gasteiger partial charge < -0.3 is 5.11 Å². The molecule has 6 heteroatoms. The Morgan fingerprint density at radius 2 is 1.52 bits per heavy atom. The van der Waals surface area contributed by atoms with E-state index in [4.69, 9.17) is 5.11 Å². The average Bonchev–Trinajstić information content (AvgIpc) is 3.21. The molecule has 0 aromatic heterocycles. The fourth-order valence-corrected chi connectivity index (χ4v) is 4.72. The fourth-order valence-electron chi connectivity index (χ4n) is 3.49. The van der Waals surface area contributed by atoms with E-state index in [9.17, 15) is 13.2 Å². The van der Waals surface area contributed by atoms with Crippen LogP contribution in [0.1, 0.15) is 37.8 Å². The summed E-state index contributed by atoms with van der Waals surface area (Å²) in [5.74, 6) is -1.50. The zero-order valence-corrected chi connectivity index (χ0v) is 16.3. The summed E-state index contributed by atoms with van der Waals surface area (Å²) in [5, 5.41) is 8.68. The molecule has 1 aliphatic rings. The van der Waals surface area contributed by atoms with Crippen LogP contribution in [-0.2, 0) is 14.6 Å². The molecule has 3 rings (SSSR count). The van der Waals surface area contributed by atoms with E-state index in [2.05, 4.69) is 36.1 Å². The number of likely N-dealkylation sites (tertiary alicyclic amines) is 1. The topological polar surface area (TPSA) is 74.7 Å². The SMILES string of the molecule is CC(c1ccc(-c2ccc(S(=O)(=O)CCC(=O)O)cc2)cc1)N1CCCC1. The van der Waals surface area contributed by atoms with Crippen molar-refractivity contribution in [2.75, 3.05) is 18.8 Å². The Bertz CT molecular complexity index is 883. The van der Waals surface area contributed by atoms with Crippen LogP contribution in [0.4, 0.5) is 0 Å². The number of carboxylic acids is 1. The molecule has 0 spiro atoms. The molecule has 0 bridgehead atoms. The van der Waals surface area contributed by atoms with E-state index in [0.29, 0.717) is 6.04 Å². The fraction of sp³-hybridized carbons (Fsp3) is 0.381. The van der Waals surface area contributed by atoms with Crippen molar-refractivity contribution in [1.82, 2.24) is 4.90 Å². The first-order valence-corrected chi connectivity index (χ1v) is 10.9. The van der Waals surface area contributed by atoms with Crippen molar-refractivity contribution in [2.24, 2.45) is 0 Å². The molecule has 2 aromatic carbocycles. The zero-order chi connectivity index (χ0) is 19.4. The van der Waals surface area contributed by atoms with E-state index < -0.39 is 15.8 Å². The van der Waals surface area contributed by atoms with Gasteiger partial charge in [-0.2, -0.15) is 0 Å². The van der Waals surface area contributed by atoms with Crippen LogP contribution in [0.3, 0.4) is 0 Å². The number of aliphatic carboxylic acids is 1. The molecule has 0 amide bonds. The third-order valence-corrected chi connectivity index (χ3v) is 6.94. The lowest BCUT2D eigenvalue weighted by Crippen LogP contribution is -2.23. The van der Waals surface area contributed by atoms with Crippen molar-refractivity contribution >= 4 is 15.8 Å². The number of rotatable bonds is 7. The molecule has 144 valence electrons. The van der Waals surface area contributed by atoms with Crippen molar-refractivity contribution in [3.8, 4) is 11.1 Å². The molecule has 0 radical (unpaired) electrons. The average molecular weight is 388 g/mol. The van der Waals surface area contributed by atoms with Gasteiger partial charge >= 0.3 is 5.97 Å². The first kappa shape index (κ1) is 19.6. The first-order chi connectivity index (χ1) is 12.9. The van der Waals surface area contributed by atoms with Crippen LogP contribution in [0.15, 0.2) is 53.4 Å². The van der Waals surface area contributed by atoms with Gasteiger partial charge in [0.05, 0.1) is 17.1 Å². The van der Waals surface area contributed by atoms with E-state index >= 15 is 0 Å². The van der Waals surface area contributed by atoms with Gasteiger partial charge in [0, 0.05) is 6.04 Å². The number of hydrogen-bond acceptors (Lipinski definition) is 4. The third kappa shape index (κ3) is 4.76. The number of sulfone groups is 1. The molecule has 0 saturated carbocycles. The van der Waals surface area contributed by atoms with Crippen molar-refractivity contribution < 1.29 is 18.3 Å². The summed E-state index contributed by atoms with van der Waals surface area (Å²) < 4.78 is 24.3. The Kier molecular flexibility index (Phi) is 5.97. The van der Waals surface area contributed by atoms with Crippen LogP contribution in [0.2, 0.25) is 0 Å². The molecule has 1 unspecified atom stereocenters. The lowest BCUT2D eigenvalue weighted by molar-refractivity contribution is -0.136. The lowest BCUT2D eigenvalue weighted by atomic mass is 10.0. The van der Waals surface area contributed by atoms with E-state index in [1.807, 2.05) is 0 Å². The van der Waals surface area contributed by atoms with Crippen LogP contribution >= 0.6 is 0 Å². The number of carbonyl (C=O) groups is 1. The maximum absolute atomic E-state index is 12.2. The Labute approximate surface area is 160 Å². The highest BCUT2D eigenvalue weighted by atomic mass is 32.2. The maximum atomic E-state index is 12.2. The molecule has 1 heterocycles. The first-order valence-electron chi connectivity index (χ1n) is 9.26. The van der Waals surface area contributed by atoms with Gasteiger partial charge in [-0.25, -0.2) is 8.42 Å². The Morgan fingerprint density at radius 1 is 1.00 bits per heavy atom. The second kappa shape index (κ2) is 8.23. The molecule has 1 fully saturated rings. The van der Waals surface area contributed by atoms with Gasteiger partial charge in [0.15, 0.2) is 9.84 Å². The minimum absolute atomic E-state index is 0.159. The van der Waals surface area contributed by atoms with E-state index in [0.717, 1.165) is 24.2 Å². The minimum atomic E-state index is -3.57. The monoisotopic (exact) mass is 387 g/mol. The highest BCUT2D eigenvalue weighted by molar-refractivity contribution is 7.91. The van der Waals surface area contributed by atoms with E-state index in [1.54, 1.807) is 24.3 Å². The quantitative estimate of drug-likeness (QED) is 0.783. The van der Waals surface area contributed by atoms with Gasteiger partial charge in [0.25, 0.3) is 0 Å². The largest absolute Gasteiger partial charge is 0.481 e. The molecule has 1 atom stereocenters. The van der Waals surface area contributed by atoms with Crippen molar-refractivity contribution in [2.45, 2.75) is 37.1 Å². The lowest BCUT2D eigenvalue weighted by Gasteiger charge is -2.24. The van der Waals surface area contributed by atoms with Crippen LogP contribution in [0.25, 0.3) is 11.1 Å². The zero-order valence-electron chi connectivity index (χ0n) is 15.5. The summed E-state index contributed by atoms with van der Waals surface area (Å²) >= 11 is 0.